The molecule has 0 heterocycles. The van der Waals surface area contributed by atoms with Gasteiger partial charge in [0.05, 0.1) is 9.82 Å². The summed E-state index contributed by atoms with van der Waals surface area (Å²) in [6.45, 7) is 0. The number of hydrogen-bond donors (Lipinski definition) is 2. The number of nitro groups is 1. The van der Waals surface area contributed by atoms with Gasteiger partial charge in [0, 0.05) is 31.0 Å². The number of carboxylic acids is 1. The van der Waals surface area contributed by atoms with Crippen molar-refractivity contribution >= 4 is 21.7 Å². The molecule has 1 atom stereocenters. The standard InChI is InChI=1S/C22H23F5N2O6S/c23-21(24,22(25,26)27)14-2-4-19(16-8-6-15(7-9-16)3-1-5-20(30)31)28-36(34,35)18-12-10-17(11-13-18)29(32)33/h6-13,19,28H,1-5,14H2,(H,30,31). The lowest BCUT2D eigenvalue weighted by atomic mass is 9.98. The van der Waals surface area contributed by atoms with Gasteiger partial charge in [0.2, 0.25) is 10.0 Å². The van der Waals surface area contributed by atoms with Crippen molar-refractivity contribution in [1.29, 1.82) is 0 Å². The van der Waals surface area contributed by atoms with E-state index in [9.17, 15) is 45.3 Å². The number of non-ortho nitro benzene ring substituents is 1. The fraction of sp³-hybridized carbons (Fsp3) is 0.409. The molecule has 2 aromatic carbocycles. The minimum Gasteiger partial charge on any atom is -0.481 e. The molecule has 198 valence electrons. The number of nitrogens with zero attached hydrogens (tertiary/aromatic N) is 1. The van der Waals surface area contributed by atoms with Crippen LogP contribution in [0.3, 0.4) is 0 Å². The molecule has 2 aromatic rings. The minimum atomic E-state index is -5.74. The van der Waals surface area contributed by atoms with Crippen LogP contribution in [0.4, 0.5) is 27.6 Å². The zero-order chi connectivity index (χ0) is 27.1. The maximum absolute atomic E-state index is 13.4. The number of halogens is 5. The van der Waals surface area contributed by atoms with Gasteiger partial charge in [0.1, 0.15) is 0 Å². The number of benzene rings is 2. The molecule has 0 aromatic heterocycles. The average Bonchev–Trinajstić information content (AvgIpc) is 2.78. The predicted octanol–water partition coefficient (Wildman–Crippen LogP) is 5.39. The van der Waals surface area contributed by atoms with Crippen molar-refractivity contribution in [3.8, 4) is 0 Å². The van der Waals surface area contributed by atoms with Crippen LogP contribution >= 0.6 is 0 Å². The molecule has 0 saturated heterocycles. The third-order valence-corrected chi connectivity index (χ3v) is 6.78. The number of alkyl halides is 5. The molecule has 36 heavy (non-hydrogen) atoms. The Bertz CT molecular complexity index is 1150. The Morgan fingerprint density at radius 2 is 1.58 bits per heavy atom. The summed E-state index contributed by atoms with van der Waals surface area (Å²) in [6, 6.07) is 8.79. The Hall–Kier alpha value is -3.13. The smallest absolute Gasteiger partial charge is 0.453 e. The first-order valence-corrected chi connectivity index (χ1v) is 12.1. The number of carboxylic acid groups (broad SMARTS) is 1. The molecule has 0 aliphatic rings. The number of aliphatic carboxylic acids is 1. The predicted molar refractivity (Wildman–Crippen MR) is 118 cm³/mol. The van der Waals surface area contributed by atoms with Crippen LogP contribution in [0.15, 0.2) is 53.4 Å². The van der Waals surface area contributed by atoms with E-state index in [0.717, 1.165) is 29.8 Å². The fourth-order valence-electron chi connectivity index (χ4n) is 3.33. The number of hydrogen-bond acceptors (Lipinski definition) is 5. The first-order valence-electron chi connectivity index (χ1n) is 10.6. The van der Waals surface area contributed by atoms with E-state index in [2.05, 4.69) is 4.72 Å². The third kappa shape index (κ3) is 8.22. The van der Waals surface area contributed by atoms with E-state index in [4.69, 9.17) is 5.11 Å². The van der Waals surface area contributed by atoms with Crippen LogP contribution in [0.2, 0.25) is 0 Å². The van der Waals surface area contributed by atoms with E-state index in [-0.39, 0.29) is 22.6 Å². The van der Waals surface area contributed by atoms with Gasteiger partial charge in [-0.1, -0.05) is 24.3 Å². The summed E-state index contributed by atoms with van der Waals surface area (Å²) >= 11 is 0. The SMILES string of the molecule is O=C(O)CCCc1ccc(C(CCCC(F)(F)C(F)(F)F)NS(=O)(=O)c2ccc([N+](=O)[O-])cc2)cc1. The first kappa shape index (κ1) is 29.1. The van der Waals surface area contributed by atoms with Crippen LogP contribution in [0, 0.1) is 10.1 Å². The lowest BCUT2D eigenvalue weighted by Gasteiger charge is -2.23. The Morgan fingerprint density at radius 3 is 2.08 bits per heavy atom. The molecule has 0 aliphatic heterocycles. The summed E-state index contributed by atoms with van der Waals surface area (Å²) in [5.41, 5.74) is 0.650. The summed E-state index contributed by atoms with van der Waals surface area (Å²) in [4.78, 5) is 20.3. The zero-order valence-electron chi connectivity index (χ0n) is 18.7. The van der Waals surface area contributed by atoms with Gasteiger partial charge >= 0.3 is 18.1 Å². The van der Waals surface area contributed by atoms with Gasteiger partial charge in [-0.05, 0) is 48.9 Å². The number of sulfonamides is 1. The van der Waals surface area contributed by atoms with Gasteiger partial charge in [-0.3, -0.25) is 14.9 Å². The summed E-state index contributed by atoms with van der Waals surface area (Å²) in [6.07, 6.45) is -7.65. The molecule has 8 nitrogen and oxygen atoms in total. The van der Waals surface area contributed by atoms with E-state index in [1.807, 2.05) is 0 Å². The summed E-state index contributed by atoms with van der Waals surface area (Å²) in [5.74, 6) is -5.91. The van der Waals surface area contributed by atoms with E-state index in [1.54, 1.807) is 12.1 Å². The molecule has 0 saturated carbocycles. The molecule has 0 radical (unpaired) electrons. The summed E-state index contributed by atoms with van der Waals surface area (Å²) < 4.78 is 92.2. The van der Waals surface area contributed by atoms with Crippen LogP contribution in [-0.2, 0) is 21.2 Å². The molecule has 0 fully saturated rings. The number of carbonyl (C=O) groups is 1. The van der Waals surface area contributed by atoms with E-state index >= 15 is 0 Å². The Kier molecular flexibility index (Phi) is 9.49. The molecule has 0 spiro atoms. The molecule has 0 bridgehead atoms. The van der Waals surface area contributed by atoms with Gasteiger partial charge in [0.15, 0.2) is 0 Å². The number of rotatable bonds is 13. The van der Waals surface area contributed by atoms with Crippen LogP contribution in [0.5, 0.6) is 0 Å². The van der Waals surface area contributed by atoms with Crippen molar-refractivity contribution in [1.82, 2.24) is 4.72 Å². The second-order valence-corrected chi connectivity index (χ2v) is 9.72. The first-order chi connectivity index (χ1) is 16.6. The second kappa shape index (κ2) is 11.7. The number of nitrogens with one attached hydrogen (secondary N) is 1. The Morgan fingerprint density at radius 1 is 1.00 bits per heavy atom. The quantitative estimate of drug-likeness (QED) is 0.200. The van der Waals surface area contributed by atoms with Gasteiger partial charge < -0.3 is 5.11 Å². The Balaban J connectivity index is 2.24. The lowest BCUT2D eigenvalue weighted by Crippen LogP contribution is -2.36. The van der Waals surface area contributed by atoms with E-state index in [1.165, 1.54) is 12.1 Å². The van der Waals surface area contributed by atoms with Crippen LogP contribution in [-0.4, -0.2) is 36.5 Å². The molecule has 0 amide bonds. The van der Waals surface area contributed by atoms with Gasteiger partial charge in [-0.25, -0.2) is 13.1 Å². The van der Waals surface area contributed by atoms with Crippen molar-refractivity contribution in [3.05, 3.63) is 69.8 Å². The van der Waals surface area contributed by atoms with Crippen molar-refractivity contribution in [2.75, 3.05) is 0 Å². The molecule has 1 unspecified atom stereocenters. The number of nitro benzene ring substituents is 1. The second-order valence-electron chi connectivity index (χ2n) is 8.01. The van der Waals surface area contributed by atoms with Gasteiger partial charge in [-0.2, -0.15) is 22.0 Å². The molecule has 0 aliphatic carbocycles. The van der Waals surface area contributed by atoms with E-state index < -0.39 is 58.3 Å². The molecule has 2 N–H and O–H groups in total. The lowest BCUT2D eigenvalue weighted by molar-refractivity contribution is -0.384. The molecular formula is C22H23F5N2O6S. The maximum atomic E-state index is 13.4. The van der Waals surface area contributed by atoms with Crippen molar-refractivity contribution in [2.24, 2.45) is 0 Å². The topological polar surface area (TPSA) is 127 Å². The monoisotopic (exact) mass is 538 g/mol. The van der Waals surface area contributed by atoms with Gasteiger partial charge in [-0.15, -0.1) is 0 Å². The number of aryl methyl sites for hydroxylation is 1. The highest BCUT2D eigenvalue weighted by Crippen LogP contribution is 2.40. The van der Waals surface area contributed by atoms with Crippen LogP contribution in [0.1, 0.15) is 49.3 Å². The molecular weight excluding hydrogens is 515 g/mol. The van der Waals surface area contributed by atoms with Crippen LogP contribution in [0.25, 0.3) is 0 Å². The summed E-state index contributed by atoms with van der Waals surface area (Å²) in [7, 11) is -4.33. The maximum Gasteiger partial charge on any atom is 0.453 e. The minimum absolute atomic E-state index is 0.0627. The fourth-order valence-corrected chi connectivity index (χ4v) is 4.59. The van der Waals surface area contributed by atoms with Crippen molar-refractivity contribution in [2.45, 2.75) is 61.6 Å². The average molecular weight is 538 g/mol. The van der Waals surface area contributed by atoms with E-state index in [0.29, 0.717) is 12.8 Å². The largest absolute Gasteiger partial charge is 0.481 e. The molecule has 2 rings (SSSR count). The zero-order valence-corrected chi connectivity index (χ0v) is 19.5. The highest BCUT2D eigenvalue weighted by Gasteiger charge is 2.56. The third-order valence-electron chi connectivity index (χ3n) is 5.29. The van der Waals surface area contributed by atoms with Crippen LogP contribution < -0.4 is 4.72 Å². The Labute approximate surface area is 203 Å². The highest BCUT2D eigenvalue weighted by atomic mass is 32.2. The summed E-state index contributed by atoms with van der Waals surface area (Å²) in [5, 5.41) is 19.5. The normalized spacial score (nSPS) is 13.4. The molecule has 14 heteroatoms. The van der Waals surface area contributed by atoms with Crippen molar-refractivity contribution in [3.63, 3.8) is 0 Å². The van der Waals surface area contributed by atoms with Gasteiger partial charge in [0.25, 0.3) is 5.69 Å². The van der Waals surface area contributed by atoms with Crippen molar-refractivity contribution < 1.29 is 45.2 Å². The highest BCUT2D eigenvalue weighted by molar-refractivity contribution is 7.89.